The monoisotopic (exact) mass is 978 g/mol. The smallest absolute Gasteiger partial charge is 0.305 e. The molecule has 11 nitrogen and oxygen atoms in total. The first kappa shape index (κ1) is 64.9. The fourth-order valence-corrected chi connectivity index (χ4v) is 8.90. The lowest BCUT2D eigenvalue weighted by atomic mass is 9.99. The minimum absolute atomic E-state index is 0.0289. The largest absolute Gasteiger partial charge is 0.466 e. The Labute approximate surface area is 422 Å². The van der Waals surface area contributed by atoms with E-state index in [4.69, 9.17) is 14.2 Å². The fourth-order valence-electron chi connectivity index (χ4n) is 8.90. The van der Waals surface area contributed by atoms with Gasteiger partial charge in [-0.2, -0.15) is 0 Å². The normalized spacial score (nSPS) is 19.6. The van der Waals surface area contributed by atoms with Crippen LogP contribution in [-0.2, 0) is 23.8 Å². The number of aliphatic hydroxyl groups is 5. The van der Waals surface area contributed by atoms with Crippen molar-refractivity contribution in [3.63, 3.8) is 0 Å². The van der Waals surface area contributed by atoms with E-state index in [9.17, 15) is 35.1 Å². The maximum atomic E-state index is 13.0. The number of ether oxygens (including phenoxy) is 3. The van der Waals surface area contributed by atoms with Gasteiger partial charge in [0.15, 0.2) is 6.29 Å². The SMILES string of the molecule is CCCCCCCCCCC/C=C/C(O)C(COC1OC(CO)C(O)C(O)C1O)NC(=O)CCCCCCCCCCCC/C=C\C=C/CCCCCOC(=O)CCCCCCCCCCCCC. The van der Waals surface area contributed by atoms with Crippen LogP contribution in [0.1, 0.15) is 258 Å². The zero-order chi connectivity index (χ0) is 50.3. The standard InChI is InChI=1S/C58H107NO10/c1-3-5-7-9-11-13-24-28-32-36-40-44-51(61)50(49-68-58-57(66)56(65)55(64)52(48-60)69-58)59-53(62)45-41-37-33-29-26-22-20-18-16-15-17-19-21-23-27-31-35-39-43-47-67-54(63)46-42-38-34-30-25-14-12-10-8-6-4-2/h19,21,23,27,40,44,50-52,55-58,60-61,64-66H,3-18,20,22,24-26,28-39,41-43,45-49H2,1-2H3,(H,59,62)/b21-19-,27-23-,44-40+. The topological polar surface area (TPSA) is 175 Å². The molecule has 404 valence electrons. The van der Waals surface area contributed by atoms with Gasteiger partial charge in [0, 0.05) is 12.8 Å². The van der Waals surface area contributed by atoms with Crippen molar-refractivity contribution in [1.82, 2.24) is 5.32 Å². The molecule has 7 unspecified atom stereocenters. The van der Waals surface area contributed by atoms with E-state index >= 15 is 0 Å². The van der Waals surface area contributed by atoms with Crippen LogP contribution in [-0.4, -0.2) is 100 Å². The maximum absolute atomic E-state index is 13.0. The predicted octanol–water partition coefficient (Wildman–Crippen LogP) is 12.7. The van der Waals surface area contributed by atoms with Gasteiger partial charge < -0.3 is 45.1 Å². The third-order valence-corrected chi connectivity index (χ3v) is 13.5. The Kier molecular flexibility index (Phi) is 45.3. The number of aliphatic hydroxyl groups excluding tert-OH is 5. The van der Waals surface area contributed by atoms with Crippen molar-refractivity contribution >= 4 is 11.9 Å². The highest BCUT2D eigenvalue weighted by atomic mass is 16.7. The lowest BCUT2D eigenvalue weighted by molar-refractivity contribution is -0.302. The molecular formula is C58H107NO10. The number of amides is 1. The number of allylic oxidation sites excluding steroid dienone is 5. The number of hydrogen-bond donors (Lipinski definition) is 6. The number of hydrogen-bond acceptors (Lipinski definition) is 10. The number of nitrogens with one attached hydrogen (secondary N) is 1. The highest BCUT2D eigenvalue weighted by Gasteiger charge is 2.44. The molecule has 0 radical (unpaired) electrons. The van der Waals surface area contributed by atoms with Gasteiger partial charge in [0.25, 0.3) is 0 Å². The summed E-state index contributed by atoms with van der Waals surface area (Å²) in [7, 11) is 0. The molecule has 0 aromatic carbocycles. The summed E-state index contributed by atoms with van der Waals surface area (Å²) in [6.45, 7) is 4.28. The lowest BCUT2D eigenvalue weighted by Gasteiger charge is -2.40. The van der Waals surface area contributed by atoms with E-state index in [1.54, 1.807) is 6.08 Å². The molecule has 0 bridgehead atoms. The average Bonchev–Trinajstić information content (AvgIpc) is 3.34. The summed E-state index contributed by atoms with van der Waals surface area (Å²) < 4.78 is 16.6. The summed E-state index contributed by atoms with van der Waals surface area (Å²) in [4.78, 5) is 25.0. The van der Waals surface area contributed by atoms with Crippen molar-refractivity contribution in [1.29, 1.82) is 0 Å². The van der Waals surface area contributed by atoms with E-state index in [0.29, 0.717) is 19.4 Å². The second kappa shape index (κ2) is 48.2. The second-order valence-corrected chi connectivity index (χ2v) is 20.0. The van der Waals surface area contributed by atoms with Crippen molar-refractivity contribution in [2.75, 3.05) is 19.8 Å². The molecule has 0 saturated carbocycles. The maximum Gasteiger partial charge on any atom is 0.305 e. The zero-order valence-corrected chi connectivity index (χ0v) is 44.3. The first-order valence-electron chi connectivity index (χ1n) is 28.8. The van der Waals surface area contributed by atoms with Gasteiger partial charge in [0.2, 0.25) is 5.91 Å². The first-order chi connectivity index (χ1) is 33.7. The number of esters is 1. The van der Waals surface area contributed by atoms with Crippen LogP contribution >= 0.6 is 0 Å². The Morgan fingerprint density at radius 2 is 0.957 bits per heavy atom. The van der Waals surface area contributed by atoms with Crippen molar-refractivity contribution < 1.29 is 49.3 Å². The Balaban J connectivity index is 2.12. The van der Waals surface area contributed by atoms with Crippen LogP contribution in [0.25, 0.3) is 0 Å². The van der Waals surface area contributed by atoms with Gasteiger partial charge in [0.05, 0.1) is 32.0 Å². The summed E-state index contributed by atoms with van der Waals surface area (Å²) in [5.74, 6) is -0.222. The summed E-state index contributed by atoms with van der Waals surface area (Å²) in [5.41, 5.74) is 0. The summed E-state index contributed by atoms with van der Waals surface area (Å²) in [6, 6.07) is -0.817. The molecule has 11 heteroatoms. The first-order valence-corrected chi connectivity index (χ1v) is 28.8. The van der Waals surface area contributed by atoms with Crippen molar-refractivity contribution in [2.45, 2.75) is 301 Å². The molecule has 7 atom stereocenters. The third kappa shape index (κ3) is 38.2. The molecular weight excluding hydrogens is 871 g/mol. The number of carbonyl (C=O) groups is 2. The molecule has 1 fully saturated rings. The minimum atomic E-state index is -1.57. The van der Waals surface area contributed by atoms with Crippen LogP contribution < -0.4 is 5.32 Å². The van der Waals surface area contributed by atoms with Gasteiger partial charge in [-0.1, -0.05) is 217 Å². The average molecular weight is 978 g/mol. The van der Waals surface area contributed by atoms with Gasteiger partial charge in [-0.25, -0.2) is 0 Å². The van der Waals surface area contributed by atoms with Gasteiger partial charge in [-0.3, -0.25) is 9.59 Å². The van der Waals surface area contributed by atoms with Gasteiger partial charge >= 0.3 is 5.97 Å². The fraction of sp³-hybridized carbons (Fsp3) is 0.862. The number of carbonyl (C=O) groups excluding carboxylic acids is 2. The molecule has 1 aliphatic rings. The summed E-state index contributed by atoms with van der Waals surface area (Å²) in [6.07, 6.45) is 48.0. The lowest BCUT2D eigenvalue weighted by Crippen LogP contribution is -2.60. The molecule has 6 N–H and O–H groups in total. The molecule has 0 spiro atoms. The van der Waals surface area contributed by atoms with E-state index in [2.05, 4.69) is 43.5 Å². The van der Waals surface area contributed by atoms with Gasteiger partial charge in [0.1, 0.15) is 24.4 Å². The Bertz CT molecular complexity index is 1240. The van der Waals surface area contributed by atoms with Crippen LogP contribution in [0.15, 0.2) is 36.5 Å². The Hall–Kier alpha value is -2.12. The van der Waals surface area contributed by atoms with Crippen LogP contribution in [0.4, 0.5) is 0 Å². The summed E-state index contributed by atoms with van der Waals surface area (Å²) in [5, 5.41) is 54.3. The third-order valence-electron chi connectivity index (χ3n) is 13.5. The summed E-state index contributed by atoms with van der Waals surface area (Å²) >= 11 is 0. The molecule has 1 rings (SSSR count). The van der Waals surface area contributed by atoms with Gasteiger partial charge in [-0.15, -0.1) is 0 Å². The second-order valence-electron chi connectivity index (χ2n) is 20.0. The number of rotatable bonds is 49. The van der Waals surface area contributed by atoms with Crippen LogP contribution in [0.5, 0.6) is 0 Å². The minimum Gasteiger partial charge on any atom is -0.466 e. The van der Waals surface area contributed by atoms with Gasteiger partial charge in [-0.05, 0) is 64.2 Å². The van der Waals surface area contributed by atoms with Crippen molar-refractivity contribution in [3.8, 4) is 0 Å². The Morgan fingerprint density at radius 1 is 0.536 bits per heavy atom. The Morgan fingerprint density at radius 3 is 1.43 bits per heavy atom. The van der Waals surface area contributed by atoms with Crippen molar-refractivity contribution in [3.05, 3.63) is 36.5 Å². The van der Waals surface area contributed by atoms with E-state index in [-0.39, 0.29) is 18.5 Å². The molecule has 69 heavy (non-hydrogen) atoms. The van der Waals surface area contributed by atoms with Crippen LogP contribution in [0.2, 0.25) is 0 Å². The zero-order valence-electron chi connectivity index (χ0n) is 44.3. The molecule has 1 saturated heterocycles. The van der Waals surface area contributed by atoms with E-state index < -0.39 is 49.5 Å². The van der Waals surface area contributed by atoms with E-state index in [1.165, 1.54) is 141 Å². The number of unbranched alkanes of at least 4 members (excludes halogenated alkanes) is 32. The molecule has 1 heterocycles. The van der Waals surface area contributed by atoms with Crippen molar-refractivity contribution in [2.24, 2.45) is 0 Å². The van der Waals surface area contributed by atoms with Crippen LogP contribution in [0.3, 0.4) is 0 Å². The molecule has 0 aliphatic carbocycles. The molecule has 0 aromatic rings. The molecule has 1 amide bonds. The quantitative estimate of drug-likeness (QED) is 0.0149. The molecule has 0 aromatic heterocycles. The highest BCUT2D eigenvalue weighted by Crippen LogP contribution is 2.23. The highest BCUT2D eigenvalue weighted by molar-refractivity contribution is 5.76. The van der Waals surface area contributed by atoms with E-state index in [0.717, 1.165) is 89.9 Å². The van der Waals surface area contributed by atoms with E-state index in [1.807, 2.05) is 6.08 Å². The molecule has 1 aliphatic heterocycles. The predicted molar refractivity (Wildman–Crippen MR) is 283 cm³/mol. The van der Waals surface area contributed by atoms with Crippen LogP contribution in [0, 0.1) is 0 Å².